The Bertz CT molecular complexity index is 728. The van der Waals surface area contributed by atoms with Crippen molar-refractivity contribution in [2.24, 2.45) is 0 Å². The average Bonchev–Trinajstić information content (AvgIpc) is 3.35. The molecule has 146 valence electrons. The number of amides is 1. The monoisotopic (exact) mass is 392 g/mol. The highest BCUT2D eigenvalue weighted by Gasteiger charge is 2.15. The summed E-state index contributed by atoms with van der Waals surface area (Å²) in [7, 11) is 0. The fourth-order valence-electron chi connectivity index (χ4n) is 2.91. The molecule has 0 aliphatic carbocycles. The van der Waals surface area contributed by atoms with Crippen LogP contribution in [0, 0.1) is 0 Å². The van der Waals surface area contributed by atoms with Crippen LogP contribution in [-0.4, -0.2) is 43.4 Å². The number of carbonyl (C=O) groups excluding carboxylic acids is 1. The van der Waals surface area contributed by atoms with Gasteiger partial charge in [-0.05, 0) is 31.4 Å². The Labute approximate surface area is 164 Å². The second kappa shape index (κ2) is 10.4. The van der Waals surface area contributed by atoms with Crippen molar-refractivity contribution in [2.45, 2.75) is 38.2 Å². The topological polar surface area (TPSA) is 73.6 Å². The van der Waals surface area contributed by atoms with Crippen molar-refractivity contribution in [3.8, 4) is 11.3 Å². The van der Waals surface area contributed by atoms with Crippen LogP contribution in [0.3, 0.4) is 0 Å². The Morgan fingerprint density at radius 1 is 1.37 bits per heavy atom. The maximum Gasteiger partial charge on any atom is 0.220 e. The van der Waals surface area contributed by atoms with E-state index in [1.807, 2.05) is 18.2 Å². The molecular formula is C20H25ClN2O4. The summed E-state index contributed by atoms with van der Waals surface area (Å²) in [6, 6.07) is 7.43. The lowest BCUT2D eigenvalue weighted by Gasteiger charge is -2.10. The fraction of sp³-hybridized carbons (Fsp3) is 0.500. The number of hydrogen-bond donors (Lipinski definition) is 1. The van der Waals surface area contributed by atoms with E-state index in [1.165, 1.54) is 0 Å². The van der Waals surface area contributed by atoms with Crippen LogP contribution in [0.15, 0.2) is 34.9 Å². The lowest BCUT2D eigenvalue weighted by atomic mass is 10.2. The first-order valence-corrected chi connectivity index (χ1v) is 9.76. The summed E-state index contributed by atoms with van der Waals surface area (Å²) in [6.45, 7) is 2.71. The summed E-state index contributed by atoms with van der Waals surface area (Å²) in [6.07, 6.45) is 5.65. The van der Waals surface area contributed by atoms with Crippen molar-refractivity contribution in [1.82, 2.24) is 10.3 Å². The van der Waals surface area contributed by atoms with Gasteiger partial charge in [-0.15, -0.1) is 0 Å². The number of carbonyl (C=O) groups is 1. The van der Waals surface area contributed by atoms with E-state index in [-0.39, 0.29) is 12.0 Å². The van der Waals surface area contributed by atoms with Crippen molar-refractivity contribution >= 4 is 17.5 Å². The number of oxazole rings is 1. The van der Waals surface area contributed by atoms with Gasteiger partial charge in [0.2, 0.25) is 5.91 Å². The molecule has 0 bridgehead atoms. The predicted octanol–water partition coefficient (Wildman–Crippen LogP) is 3.63. The van der Waals surface area contributed by atoms with Gasteiger partial charge < -0.3 is 19.2 Å². The molecule has 1 fully saturated rings. The Hall–Kier alpha value is -1.89. The first-order valence-electron chi connectivity index (χ1n) is 9.38. The third kappa shape index (κ3) is 6.34. The van der Waals surface area contributed by atoms with Gasteiger partial charge in [0.05, 0.1) is 23.9 Å². The molecule has 1 aromatic carbocycles. The Morgan fingerprint density at radius 3 is 3.07 bits per heavy atom. The molecule has 1 unspecified atom stereocenters. The average molecular weight is 393 g/mol. The predicted molar refractivity (Wildman–Crippen MR) is 103 cm³/mol. The minimum atomic E-state index is -0.0216. The molecule has 1 aliphatic heterocycles. The van der Waals surface area contributed by atoms with Crippen LogP contribution >= 0.6 is 11.6 Å². The molecule has 6 nitrogen and oxygen atoms in total. The van der Waals surface area contributed by atoms with Crippen molar-refractivity contribution in [3.63, 3.8) is 0 Å². The summed E-state index contributed by atoms with van der Waals surface area (Å²) in [5.41, 5.74) is 0.797. The van der Waals surface area contributed by atoms with Crippen LogP contribution in [0.2, 0.25) is 5.02 Å². The van der Waals surface area contributed by atoms with E-state index in [2.05, 4.69) is 10.3 Å². The van der Waals surface area contributed by atoms with Gasteiger partial charge >= 0.3 is 0 Å². The summed E-state index contributed by atoms with van der Waals surface area (Å²) >= 11 is 6.16. The molecular weight excluding hydrogens is 368 g/mol. The molecule has 3 rings (SSSR count). The van der Waals surface area contributed by atoms with Gasteiger partial charge in [-0.2, -0.15) is 0 Å². The van der Waals surface area contributed by atoms with E-state index >= 15 is 0 Å². The Kier molecular flexibility index (Phi) is 7.68. The van der Waals surface area contributed by atoms with Crippen molar-refractivity contribution in [1.29, 1.82) is 0 Å². The number of benzene rings is 1. The number of aryl methyl sites for hydroxylation is 1. The third-order valence-corrected chi connectivity index (χ3v) is 4.70. The maximum absolute atomic E-state index is 11.9. The number of aromatic nitrogens is 1. The van der Waals surface area contributed by atoms with Gasteiger partial charge in [0.15, 0.2) is 11.7 Å². The Balaban J connectivity index is 1.29. The van der Waals surface area contributed by atoms with Gasteiger partial charge in [0.1, 0.15) is 0 Å². The quantitative estimate of drug-likeness (QED) is 0.625. The number of nitrogens with one attached hydrogen (secondary N) is 1. The first kappa shape index (κ1) is 19.9. The standard InChI is InChI=1S/C20H25ClN2O4/c21-17-7-2-1-6-16(17)18-13-23-20(27-18)9-8-19(24)22-10-4-11-25-14-15-5-3-12-26-15/h1-2,6-7,13,15H,3-5,8-12,14H2,(H,22,24). The smallest absolute Gasteiger partial charge is 0.220 e. The normalized spacial score (nSPS) is 16.6. The second-order valence-electron chi connectivity index (χ2n) is 6.51. The molecule has 2 aromatic rings. The molecule has 1 saturated heterocycles. The minimum absolute atomic E-state index is 0.0216. The van der Waals surface area contributed by atoms with E-state index in [1.54, 1.807) is 12.3 Å². The number of nitrogens with zero attached hydrogens (tertiary/aromatic N) is 1. The number of rotatable bonds is 10. The van der Waals surface area contributed by atoms with Crippen LogP contribution in [0.5, 0.6) is 0 Å². The maximum atomic E-state index is 11.9. The molecule has 0 radical (unpaired) electrons. The number of hydrogen-bond acceptors (Lipinski definition) is 5. The zero-order valence-electron chi connectivity index (χ0n) is 15.3. The van der Waals surface area contributed by atoms with E-state index in [0.29, 0.717) is 49.3 Å². The van der Waals surface area contributed by atoms with Gasteiger partial charge in [-0.1, -0.05) is 23.7 Å². The fourth-order valence-corrected chi connectivity index (χ4v) is 3.14. The highest BCUT2D eigenvalue weighted by molar-refractivity contribution is 6.33. The minimum Gasteiger partial charge on any atom is -0.441 e. The van der Waals surface area contributed by atoms with Crippen molar-refractivity contribution < 1.29 is 18.7 Å². The molecule has 2 heterocycles. The van der Waals surface area contributed by atoms with E-state index in [4.69, 9.17) is 25.5 Å². The molecule has 27 heavy (non-hydrogen) atoms. The van der Waals surface area contributed by atoms with E-state index in [0.717, 1.165) is 31.4 Å². The van der Waals surface area contributed by atoms with E-state index in [9.17, 15) is 4.79 Å². The van der Waals surface area contributed by atoms with Crippen LogP contribution < -0.4 is 5.32 Å². The Morgan fingerprint density at radius 2 is 2.26 bits per heavy atom. The molecule has 1 N–H and O–H groups in total. The summed E-state index contributed by atoms with van der Waals surface area (Å²) in [4.78, 5) is 16.2. The largest absolute Gasteiger partial charge is 0.441 e. The summed E-state index contributed by atoms with van der Waals surface area (Å²) in [5.74, 6) is 1.12. The zero-order valence-corrected chi connectivity index (χ0v) is 16.0. The number of ether oxygens (including phenoxy) is 2. The van der Waals surface area contributed by atoms with Crippen molar-refractivity contribution in [3.05, 3.63) is 41.4 Å². The molecule has 1 amide bonds. The highest BCUT2D eigenvalue weighted by atomic mass is 35.5. The van der Waals surface area contributed by atoms with Crippen LogP contribution in [0.1, 0.15) is 31.6 Å². The highest BCUT2D eigenvalue weighted by Crippen LogP contribution is 2.28. The lowest BCUT2D eigenvalue weighted by molar-refractivity contribution is -0.121. The molecule has 1 aliphatic rings. The molecule has 0 saturated carbocycles. The molecule has 1 aromatic heterocycles. The van der Waals surface area contributed by atoms with E-state index < -0.39 is 0 Å². The molecule has 1 atom stereocenters. The van der Waals surface area contributed by atoms with Crippen LogP contribution in [0.25, 0.3) is 11.3 Å². The van der Waals surface area contributed by atoms with Crippen LogP contribution in [0.4, 0.5) is 0 Å². The number of halogens is 1. The SMILES string of the molecule is O=C(CCc1ncc(-c2ccccc2Cl)o1)NCCCOCC1CCCO1. The third-order valence-electron chi connectivity index (χ3n) is 4.37. The second-order valence-corrected chi connectivity index (χ2v) is 6.92. The zero-order chi connectivity index (χ0) is 18.9. The van der Waals surface area contributed by atoms with Gasteiger partial charge in [-0.3, -0.25) is 4.79 Å². The van der Waals surface area contributed by atoms with Gasteiger partial charge in [0.25, 0.3) is 0 Å². The van der Waals surface area contributed by atoms with Gasteiger partial charge in [0, 0.05) is 38.2 Å². The molecule has 0 spiro atoms. The lowest BCUT2D eigenvalue weighted by Crippen LogP contribution is -2.26. The summed E-state index contributed by atoms with van der Waals surface area (Å²) in [5, 5.41) is 3.50. The summed E-state index contributed by atoms with van der Waals surface area (Å²) < 4.78 is 16.8. The van der Waals surface area contributed by atoms with Crippen molar-refractivity contribution in [2.75, 3.05) is 26.4 Å². The molecule has 7 heteroatoms. The van der Waals surface area contributed by atoms with Crippen LogP contribution in [-0.2, 0) is 20.7 Å². The first-order chi connectivity index (χ1) is 13.2. The van der Waals surface area contributed by atoms with Gasteiger partial charge in [-0.25, -0.2) is 4.98 Å².